The maximum absolute atomic E-state index is 14.6. The Kier molecular flexibility index (Phi) is 47.1. The molecule has 0 aliphatic heterocycles. The number of guanidine groups is 1. The first kappa shape index (κ1) is 96.7. The van der Waals surface area contributed by atoms with Crippen LogP contribution in [0.25, 0.3) is 10.9 Å². The molecular weight excluding hydrogens is 1460 g/mol. The number of carboxylic acids is 1. The lowest BCUT2D eigenvalue weighted by Crippen LogP contribution is -2.61. The largest absolute Gasteiger partial charge is 0.508 e. The number of aliphatic hydroxyl groups is 1. The third kappa shape index (κ3) is 40.0. The van der Waals surface area contributed by atoms with E-state index in [-0.39, 0.29) is 82.1 Å². The number of aromatic hydroxyl groups is 1. The van der Waals surface area contributed by atoms with Crippen LogP contribution in [0.4, 0.5) is 0 Å². The summed E-state index contributed by atoms with van der Waals surface area (Å²) in [5.41, 5.74) is 18.5. The third-order valence-corrected chi connectivity index (χ3v) is 18.2. The number of fused-ring (bicyclic) bond motifs is 1. The number of rotatable bonds is 59. The maximum atomic E-state index is 14.6. The van der Waals surface area contributed by atoms with Gasteiger partial charge in [0.05, 0.1) is 13.2 Å². The maximum Gasteiger partial charge on any atom is 0.326 e. The average Bonchev–Trinajstić information content (AvgIpc) is 1.66. The Morgan fingerprint density at radius 1 is 0.513 bits per heavy atom. The van der Waals surface area contributed by atoms with Crippen molar-refractivity contribution in [3.05, 3.63) is 92.0 Å². The van der Waals surface area contributed by atoms with E-state index in [1.165, 1.54) is 62.8 Å². The Balaban J connectivity index is 1.67. The Labute approximate surface area is 661 Å². The van der Waals surface area contributed by atoms with Crippen LogP contribution < -0.4 is 91.6 Å². The number of nitrogens with two attached hydrogens (primary N) is 3. The SMILES string of the molecule is CCCCCCCCCCCCCC(=O)N[C@@H](CO)C(=O)N[C@H](C(=O)N[C@@H](Cc1ccc(O)cc1)C(=O)N[C@@H](CCCN=C(N)N)C(=O)N[C@@H](CCCNC)C(=O)NCC(=O)N[CH]C(=O)N[CH]C(=O)N[CH]C(=O)N[C@@H](Cc1c[nH]c2ccccc12)C(=O)N[CH]C(=O)N[C@@H](CCCCN)C(=O)N[C@@H](CC(C)C)C(=O)O)[C@@H](C)CC. The number of hydrogen-bond donors (Lipinski definition) is 21. The molecule has 0 aliphatic rings. The van der Waals surface area contributed by atoms with Gasteiger partial charge in [-0.3, -0.25) is 67.3 Å². The Hall–Kier alpha value is -10.5. The van der Waals surface area contributed by atoms with E-state index in [0.29, 0.717) is 80.3 Å². The summed E-state index contributed by atoms with van der Waals surface area (Å²) in [5.74, 6) is -13.7. The number of amides is 13. The number of benzene rings is 2. The number of nitrogens with one attached hydrogen (secondary N) is 15. The number of aliphatic hydroxyl groups excluding tert-OH is 1. The highest BCUT2D eigenvalue weighted by Gasteiger charge is 2.36. The molecule has 0 bridgehead atoms. The van der Waals surface area contributed by atoms with E-state index < -0.39 is 150 Å². The van der Waals surface area contributed by atoms with Crippen LogP contribution in [0.1, 0.15) is 181 Å². The van der Waals surface area contributed by atoms with Gasteiger partial charge in [-0.25, -0.2) is 4.79 Å². The Morgan fingerprint density at radius 3 is 1.63 bits per heavy atom. The summed E-state index contributed by atoms with van der Waals surface area (Å²) < 4.78 is 0. The summed E-state index contributed by atoms with van der Waals surface area (Å²) in [6, 6.07) is 1.99. The highest BCUT2D eigenvalue weighted by Crippen LogP contribution is 2.21. The summed E-state index contributed by atoms with van der Waals surface area (Å²) in [6.45, 7) is 10.9. The number of hydrogen-bond acceptors (Lipinski definition) is 19. The summed E-state index contributed by atoms with van der Waals surface area (Å²) in [7, 11) is 1.65. The molecule has 0 spiro atoms. The molecule has 13 amide bonds. The quantitative estimate of drug-likeness (QED) is 0.0198. The number of aliphatic carboxylic acids is 1. The number of carboxylic acid groups (broad SMARTS) is 1. The van der Waals surface area contributed by atoms with E-state index in [2.05, 4.69) is 91.3 Å². The minimum atomic E-state index is -1.47. The molecule has 9 atom stereocenters. The van der Waals surface area contributed by atoms with Crippen molar-refractivity contribution in [3.63, 3.8) is 0 Å². The van der Waals surface area contributed by atoms with Crippen LogP contribution in [0, 0.1) is 38.0 Å². The summed E-state index contributed by atoms with van der Waals surface area (Å²) in [4.78, 5) is 195. The molecule has 3 rings (SSSR count). The molecule has 1 heterocycles. The minimum Gasteiger partial charge on any atom is -0.508 e. The van der Waals surface area contributed by atoms with Crippen LogP contribution in [0.3, 0.4) is 0 Å². The molecule has 2 aromatic carbocycles. The van der Waals surface area contributed by atoms with Crippen LogP contribution in [0.2, 0.25) is 0 Å². The lowest BCUT2D eigenvalue weighted by atomic mass is 9.96. The van der Waals surface area contributed by atoms with Crippen LogP contribution in [-0.4, -0.2) is 197 Å². The molecule has 36 heteroatoms. The van der Waals surface area contributed by atoms with Crippen LogP contribution >= 0.6 is 0 Å². The van der Waals surface area contributed by atoms with Crippen molar-refractivity contribution in [2.75, 3.05) is 39.8 Å². The standard InChI is InChI=1S/C77H121N19O17/c1-7-9-10-11-12-13-14-15-16-17-18-30-62(99)91-61(47-97)74(110)96-68(49(5)8-2)75(111)94-58(39-50-31-33-52(98)34-32-50)73(109)93-57(29-24-37-82-77(79)80)72(108)92-55(28-23-36-81-6)69(105)87-44-65(102)85-42-63(100)84-43-64(101)86-45-66(103)90-59(40-51-41-83-54-26-20-19-25-53(51)54)70(106)88-46-67(104)89-56(27-21-22-35-78)71(107)95-60(76(112)113)38-48(3)4/h19-20,25-26,31-34,41-43,45-46,48-49,55-61,68,81,83,97-98H,7-18,21-24,27-30,35-40,44,47,78H2,1-6H3,(H,84,100)(H,85,102)(H,86,101)(H,87,105)(H,88,106)(H,89,104)(H,90,103)(H,91,99)(H,92,108)(H,93,109)(H,94,111)(H,95,107)(H,96,110)(H,112,113)(H4,79,80,82)/t49-,55-,56-,57-,58-,59-,60-,61-,68-/m0/s1. The van der Waals surface area contributed by atoms with Gasteiger partial charge in [0.15, 0.2) is 5.96 Å². The minimum absolute atomic E-state index is 0.00539. The molecule has 0 aliphatic carbocycles. The summed E-state index contributed by atoms with van der Waals surface area (Å²) in [5, 5.41) is 65.5. The molecule has 24 N–H and O–H groups in total. The Bertz CT molecular complexity index is 3540. The number of carbonyl (C=O) groups is 14. The van der Waals surface area contributed by atoms with E-state index in [0.717, 1.165) is 32.2 Å². The second-order valence-electron chi connectivity index (χ2n) is 28.1. The van der Waals surface area contributed by atoms with Gasteiger partial charge in [0.2, 0.25) is 76.8 Å². The van der Waals surface area contributed by atoms with Gasteiger partial charge in [-0.15, -0.1) is 0 Å². The van der Waals surface area contributed by atoms with Gasteiger partial charge in [0, 0.05) is 42.9 Å². The van der Waals surface area contributed by atoms with E-state index in [1.54, 1.807) is 65.2 Å². The number of H-pyrrole nitrogens is 1. The molecule has 0 fully saturated rings. The van der Waals surface area contributed by atoms with Gasteiger partial charge in [-0.1, -0.05) is 136 Å². The normalized spacial score (nSPS) is 13.5. The van der Waals surface area contributed by atoms with E-state index in [1.807, 2.05) is 0 Å². The smallest absolute Gasteiger partial charge is 0.326 e. The number of nitrogens with zero attached hydrogens (tertiary/aromatic N) is 1. The molecular formula is C77H121N19O17. The van der Waals surface area contributed by atoms with Crippen molar-refractivity contribution in [1.29, 1.82) is 0 Å². The number of unbranched alkanes of at least 4 members (excludes halogenated alkanes) is 11. The van der Waals surface area contributed by atoms with Crippen LogP contribution in [0.15, 0.2) is 59.7 Å². The van der Waals surface area contributed by atoms with Gasteiger partial charge in [-0.05, 0) is 119 Å². The topological polar surface area (TPSA) is 574 Å². The van der Waals surface area contributed by atoms with Gasteiger partial charge in [-0.2, -0.15) is 0 Å². The second-order valence-corrected chi connectivity index (χ2v) is 28.1. The zero-order valence-electron chi connectivity index (χ0n) is 65.8. The molecule has 0 unspecified atom stereocenters. The molecule has 626 valence electrons. The van der Waals surface area contributed by atoms with E-state index in [9.17, 15) is 82.4 Å². The number of aromatic amines is 1. The lowest BCUT2D eigenvalue weighted by Gasteiger charge is -2.29. The zero-order chi connectivity index (χ0) is 83.6. The summed E-state index contributed by atoms with van der Waals surface area (Å²) >= 11 is 0. The first-order valence-electron chi connectivity index (χ1n) is 38.8. The monoisotopic (exact) mass is 1580 g/mol. The molecule has 0 saturated heterocycles. The Morgan fingerprint density at radius 2 is 1.04 bits per heavy atom. The van der Waals surface area contributed by atoms with Crippen LogP contribution in [0.5, 0.6) is 5.75 Å². The molecule has 3 aromatic rings. The lowest BCUT2D eigenvalue weighted by molar-refractivity contribution is -0.142. The fourth-order valence-corrected chi connectivity index (χ4v) is 11.7. The molecule has 0 saturated carbocycles. The van der Waals surface area contributed by atoms with Crippen molar-refractivity contribution in [2.45, 2.75) is 231 Å². The van der Waals surface area contributed by atoms with Crippen LogP contribution in [-0.2, 0) is 80.0 Å². The van der Waals surface area contributed by atoms with Crippen molar-refractivity contribution < 1.29 is 82.4 Å². The van der Waals surface area contributed by atoms with Crippen molar-refractivity contribution in [3.8, 4) is 5.75 Å². The fraction of sp³-hybridized carbons (Fsp3) is 0.571. The molecule has 36 nitrogen and oxygen atoms in total. The molecule has 4 radical (unpaired) electrons. The first-order valence-corrected chi connectivity index (χ1v) is 38.8. The molecule has 113 heavy (non-hydrogen) atoms. The second kappa shape index (κ2) is 55.0. The predicted molar refractivity (Wildman–Crippen MR) is 423 cm³/mol. The van der Waals surface area contributed by atoms with Gasteiger partial charge < -0.3 is 112 Å². The number of aliphatic imine (C=N–C) groups is 1. The van der Waals surface area contributed by atoms with Crippen molar-refractivity contribution >= 4 is 99.6 Å². The van der Waals surface area contributed by atoms with E-state index >= 15 is 0 Å². The predicted octanol–water partition coefficient (Wildman–Crippen LogP) is -0.182. The number of phenols is 1. The first-order chi connectivity index (χ1) is 54.0. The fourth-order valence-electron chi connectivity index (χ4n) is 11.7. The number of aromatic nitrogens is 1. The molecule has 1 aromatic heterocycles. The number of para-hydroxylation sites is 1. The van der Waals surface area contributed by atoms with Gasteiger partial charge in [0.1, 0.15) is 80.3 Å². The summed E-state index contributed by atoms with van der Waals surface area (Å²) in [6.07, 6.45) is 14.9. The highest BCUT2D eigenvalue weighted by atomic mass is 16.4. The highest BCUT2D eigenvalue weighted by molar-refractivity contribution is 6.01. The zero-order valence-corrected chi connectivity index (χ0v) is 65.8. The number of phenolic OH excluding ortho intramolecular Hbond substituents is 1. The average molecular weight is 1580 g/mol. The van der Waals surface area contributed by atoms with Crippen molar-refractivity contribution in [2.24, 2.45) is 34.0 Å². The van der Waals surface area contributed by atoms with Gasteiger partial charge in [0.25, 0.3) is 0 Å². The number of carbonyl (C=O) groups excluding carboxylic acids is 13. The third-order valence-electron chi connectivity index (χ3n) is 18.2. The van der Waals surface area contributed by atoms with E-state index in [4.69, 9.17) is 17.2 Å². The van der Waals surface area contributed by atoms with Gasteiger partial charge >= 0.3 is 5.97 Å². The van der Waals surface area contributed by atoms with Crippen molar-refractivity contribution in [1.82, 2.24) is 79.4 Å².